The standard InChI is InChI=1S/C15H13N5O4S/c1-3-12-18-19-15(25-12)17-14(21)10(8-16)7-9-5-4-6-11(24-2)13(9)20(22)23/h4-7H,3H2,1-2H3,(H,17,19,21). The number of rotatable bonds is 6. The molecule has 1 amide bonds. The van der Waals surface area contributed by atoms with Gasteiger partial charge in [-0.05, 0) is 24.6 Å². The lowest BCUT2D eigenvalue weighted by atomic mass is 10.1. The smallest absolute Gasteiger partial charge is 0.318 e. The second-order valence-corrected chi connectivity index (χ2v) is 5.70. The van der Waals surface area contributed by atoms with Gasteiger partial charge in [0.1, 0.15) is 16.6 Å². The third-order valence-corrected chi connectivity index (χ3v) is 4.07. The zero-order valence-electron chi connectivity index (χ0n) is 13.3. The monoisotopic (exact) mass is 359 g/mol. The number of aromatic nitrogens is 2. The average Bonchev–Trinajstić information content (AvgIpc) is 3.06. The Morgan fingerprint density at radius 3 is 2.84 bits per heavy atom. The van der Waals surface area contributed by atoms with Crippen molar-refractivity contribution in [2.45, 2.75) is 13.3 Å². The van der Waals surface area contributed by atoms with Crippen LogP contribution >= 0.6 is 11.3 Å². The van der Waals surface area contributed by atoms with Gasteiger partial charge in [-0.1, -0.05) is 24.3 Å². The Bertz CT molecular complexity index is 884. The van der Waals surface area contributed by atoms with E-state index in [4.69, 9.17) is 4.74 Å². The Kier molecular flexibility index (Phi) is 5.75. The predicted molar refractivity (Wildman–Crippen MR) is 91.2 cm³/mol. The van der Waals surface area contributed by atoms with Gasteiger partial charge in [-0.3, -0.25) is 20.2 Å². The second-order valence-electron chi connectivity index (χ2n) is 4.63. The maximum atomic E-state index is 12.2. The lowest BCUT2D eigenvalue weighted by Crippen LogP contribution is -2.13. The van der Waals surface area contributed by atoms with Crippen LogP contribution in [0.2, 0.25) is 0 Å². The molecule has 2 aromatic rings. The summed E-state index contributed by atoms with van der Waals surface area (Å²) >= 11 is 1.19. The molecule has 1 aromatic heterocycles. The van der Waals surface area contributed by atoms with Crippen molar-refractivity contribution < 1.29 is 14.5 Å². The van der Waals surface area contributed by atoms with Crippen LogP contribution in [-0.4, -0.2) is 28.1 Å². The molecule has 0 saturated carbocycles. The summed E-state index contributed by atoms with van der Waals surface area (Å²) < 4.78 is 4.96. The van der Waals surface area contributed by atoms with Crippen molar-refractivity contribution in [2.24, 2.45) is 0 Å². The molecular weight excluding hydrogens is 346 g/mol. The number of carbonyl (C=O) groups excluding carboxylic acids is 1. The predicted octanol–water partition coefficient (Wildman–Crippen LogP) is 2.56. The van der Waals surface area contributed by atoms with E-state index in [9.17, 15) is 20.2 Å². The van der Waals surface area contributed by atoms with Gasteiger partial charge in [0, 0.05) is 0 Å². The number of nitro groups is 1. The molecule has 1 heterocycles. The summed E-state index contributed by atoms with van der Waals surface area (Å²) in [6, 6.07) is 6.12. The summed E-state index contributed by atoms with van der Waals surface area (Å²) in [5.74, 6) is -0.688. The Balaban J connectivity index is 2.35. The van der Waals surface area contributed by atoms with Crippen LogP contribution in [0.5, 0.6) is 5.75 Å². The number of aryl methyl sites for hydroxylation is 1. The second kappa shape index (κ2) is 7.98. The summed E-state index contributed by atoms with van der Waals surface area (Å²) in [6.45, 7) is 1.90. The van der Waals surface area contributed by atoms with Crippen molar-refractivity contribution in [1.82, 2.24) is 10.2 Å². The first-order valence-corrected chi connectivity index (χ1v) is 7.88. The molecule has 0 aliphatic carbocycles. The van der Waals surface area contributed by atoms with Crippen molar-refractivity contribution in [3.05, 3.63) is 44.5 Å². The van der Waals surface area contributed by atoms with E-state index in [0.29, 0.717) is 6.42 Å². The highest BCUT2D eigenvalue weighted by Crippen LogP contribution is 2.32. The minimum atomic E-state index is -0.724. The van der Waals surface area contributed by atoms with Gasteiger partial charge in [-0.2, -0.15) is 5.26 Å². The SMILES string of the molecule is CCc1nnc(NC(=O)C(C#N)=Cc2cccc(OC)c2[N+](=O)[O-])s1. The molecule has 0 aliphatic rings. The van der Waals surface area contributed by atoms with E-state index in [1.807, 2.05) is 6.92 Å². The normalized spacial score (nSPS) is 10.8. The summed E-state index contributed by atoms with van der Waals surface area (Å²) in [5, 5.41) is 31.6. The van der Waals surface area contributed by atoms with E-state index in [-0.39, 0.29) is 27.7 Å². The van der Waals surface area contributed by atoms with Crippen LogP contribution in [0.3, 0.4) is 0 Å². The third kappa shape index (κ3) is 4.15. The Hall–Kier alpha value is -3.32. The lowest BCUT2D eigenvalue weighted by Gasteiger charge is -2.04. The van der Waals surface area contributed by atoms with Gasteiger partial charge in [0.15, 0.2) is 5.75 Å². The molecule has 128 valence electrons. The summed E-state index contributed by atoms with van der Waals surface area (Å²) in [7, 11) is 1.30. The van der Waals surface area contributed by atoms with Gasteiger partial charge in [0.25, 0.3) is 5.91 Å². The molecule has 1 N–H and O–H groups in total. The van der Waals surface area contributed by atoms with Crippen LogP contribution in [0, 0.1) is 21.4 Å². The molecule has 0 radical (unpaired) electrons. The molecular formula is C15H13N5O4S. The van der Waals surface area contributed by atoms with Crippen LogP contribution < -0.4 is 10.1 Å². The molecule has 9 nitrogen and oxygen atoms in total. The topological polar surface area (TPSA) is 131 Å². The number of nitrogens with zero attached hydrogens (tertiary/aromatic N) is 4. The van der Waals surface area contributed by atoms with E-state index in [0.717, 1.165) is 11.1 Å². The number of nitro benzene ring substituents is 1. The van der Waals surface area contributed by atoms with Gasteiger partial charge in [-0.25, -0.2) is 0 Å². The molecule has 0 fully saturated rings. The molecule has 25 heavy (non-hydrogen) atoms. The number of benzene rings is 1. The van der Waals surface area contributed by atoms with Crippen LogP contribution in [-0.2, 0) is 11.2 Å². The van der Waals surface area contributed by atoms with E-state index in [2.05, 4.69) is 15.5 Å². The third-order valence-electron chi connectivity index (χ3n) is 3.09. The Morgan fingerprint density at radius 2 is 2.28 bits per heavy atom. The number of para-hydroxylation sites is 1. The zero-order valence-corrected chi connectivity index (χ0v) is 14.2. The highest BCUT2D eigenvalue weighted by molar-refractivity contribution is 7.15. The van der Waals surface area contributed by atoms with Gasteiger partial charge in [-0.15, -0.1) is 10.2 Å². The first-order chi connectivity index (χ1) is 12.0. The number of hydrogen-bond acceptors (Lipinski definition) is 8. The van der Waals surface area contributed by atoms with Crippen LogP contribution in [0.25, 0.3) is 6.08 Å². The molecule has 0 saturated heterocycles. The summed E-state index contributed by atoms with van der Waals surface area (Å²) in [6.07, 6.45) is 1.81. The van der Waals surface area contributed by atoms with Crippen LogP contribution in [0.4, 0.5) is 10.8 Å². The number of nitriles is 1. The van der Waals surface area contributed by atoms with Gasteiger partial charge in [0.2, 0.25) is 5.13 Å². The molecule has 10 heteroatoms. The molecule has 0 bridgehead atoms. The van der Waals surface area contributed by atoms with E-state index < -0.39 is 10.8 Å². The van der Waals surface area contributed by atoms with Crippen molar-refractivity contribution in [1.29, 1.82) is 5.26 Å². The van der Waals surface area contributed by atoms with Crippen LogP contribution in [0.1, 0.15) is 17.5 Å². The number of carbonyl (C=O) groups is 1. The number of methoxy groups -OCH3 is 1. The quantitative estimate of drug-likeness (QED) is 0.363. The van der Waals surface area contributed by atoms with E-state index in [1.54, 1.807) is 6.07 Å². The van der Waals surface area contributed by atoms with E-state index >= 15 is 0 Å². The number of amides is 1. The van der Waals surface area contributed by atoms with E-state index in [1.165, 1.54) is 36.6 Å². The summed E-state index contributed by atoms with van der Waals surface area (Å²) in [5.41, 5.74) is -0.540. The first-order valence-electron chi connectivity index (χ1n) is 7.07. The van der Waals surface area contributed by atoms with Crippen molar-refractivity contribution in [3.63, 3.8) is 0 Å². The van der Waals surface area contributed by atoms with Crippen molar-refractivity contribution in [2.75, 3.05) is 12.4 Å². The van der Waals surface area contributed by atoms with Crippen molar-refractivity contribution in [3.8, 4) is 11.8 Å². The fourth-order valence-electron chi connectivity index (χ4n) is 1.93. The number of anilines is 1. The minimum Gasteiger partial charge on any atom is -0.490 e. The maximum absolute atomic E-state index is 12.2. The van der Waals surface area contributed by atoms with Gasteiger partial charge < -0.3 is 4.74 Å². The fourth-order valence-corrected chi connectivity index (χ4v) is 2.61. The lowest BCUT2D eigenvalue weighted by molar-refractivity contribution is -0.386. The highest BCUT2D eigenvalue weighted by atomic mass is 32.1. The molecule has 0 spiro atoms. The Morgan fingerprint density at radius 1 is 1.52 bits per heavy atom. The minimum absolute atomic E-state index is 0.0353. The van der Waals surface area contributed by atoms with Gasteiger partial charge >= 0.3 is 5.69 Å². The molecule has 0 aliphatic heterocycles. The largest absolute Gasteiger partial charge is 0.490 e. The first kappa shape index (κ1) is 18.0. The highest BCUT2D eigenvalue weighted by Gasteiger charge is 2.21. The average molecular weight is 359 g/mol. The molecule has 1 aromatic carbocycles. The number of hydrogen-bond donors (Lipinski definition) is 1. The maximum Gasteiger partial charge on any atom is 0.318 e. The molecule has 2 rings (SSSR count). The van der Waals surface area contributed by atoms with Crippen LogP contribution in [0.15, 0.2) is 23.8 Å². The number of ether oxygens (including phenoxy) is 1. The van der Waals surface area contributed by atoms with Gasteiger partial charge in [0.05, 0.1) is 17.6 Å². The molecule has 0 unspecified atom stereocenters. The van der Waals surface area contributed by atoms with Crippen molar-refractivity contribution >= 4 is 34.1 Å². The fraction of sp³-hybridized carbons (Fsp3) is 0.200. The Labute approximate surface area is 146 Å². The number of nitrogens with one attached hydrogen (secondary N) is 1. The summed E-state index contributed by atoms with van der Waals surface area (Å²) in [4.78, 5) is 22.9. The zero-order chi connectivity index (χ0) is 18.4. The molecule has 0 atom stereocenters.